The Hall–Kier alpha value is -2.75. The van der Waals surface area contributed by atoms with Crippen molar-refractivity contribution in [2.75, 3.05) is 4.72 Å². The molecule has 2 rings (SSSR count). The molecule has 2 N–H and O–H groups in total. The average Bonchev–Trinajstić information content (AvgIpc) is 2.60. The lowest BCUT2D eigenvalue weighted by molar-refractivity contribution is -0.137. The Morgan fingerprint density at radius 3 is 2.21 bits per heavy atom. The van der Waals surface area contributed by atoms with Gasteiger partial charge in [-0.2, -0.15) is 13.2 Å². The predicted molar refractivity (Wildman–Crippen MR) is 102 cm³/mol. The number of sulfonamides is 1. The van der Waals surface area contributed by atoms with Crippen molar-refractivity contribution in [2.24, 2.45) is 0 Å². The normalized spacial score (nSPS) is 13.1. The second-order valence-electron chi connectivity index (χ2n) is 6.58. The molecule has 0 fully saturated rings. The van der Waals surface area contributed by atoms with Crippen molar-refractivity contribution in [1.29, 1.82) is 0 Å². The van der Waals surface area contributed by atoms with Crippen molar-refractivity contribution in [3.05, 3.63) is 54.1 Å². The van der Waals surface area contributed by atoms with E-state index in [2.05, 4.69) is 10.0 Å². The number of carbonyl (C=O) groups excluding carboxylic acids is 1. The number of hydrogen-bond donors (Lipinski definition) is 2. The fraction of sp³-hybridized carbons (Fsp3) is 0.316. The molecule has 0 aliphatic heterocycles. The monoisotopic (exact) mass is 430 g/mol. The summed E-state index contributed by atoms with van der Waals surface area (Å²) in [6, 6.07) is 9.03. The van der Waals surface area contributed by atoms with Gasteiger partial charge in [-0.25, -0.2) is 8.42 Å². The van der Waals surface area contributed by atoms with E-state index >= 15 is 0 Å². The van der Waals surface area contributed by atoms with Gasteiger partial charge in [-0.05, 0) is 63.2 Å². The third-order valence-electron chi connectivity index (χ3n) is 3.69. The molecular formula is C19H21F3N2O4S. The van der Waals surface area contributed by atoms with Gasteiger partial charge in [0, 0.05) is 11.7 Å². The lowest BCUT2D eigenvalue weighted by Gasteiger charge is -2.16. The van der Waals surface area contributed by atoms with Crippen LogP contribution in [0.1, 0.15) is 26.3 Å². The van der Waals surface area contributed by atoms with Crippen LogP contribution in [-0.4, -0.2) is 26.5 Å². The summed E-state index contributed by atoms with van der Waals surface area (Å²) in [6.07, 6.45) is -5.37. The first-order valence-corrected chi connectivity index (χ1v) is 10.1. The fourth-order valence-corrected chi connectivity index (χ4v) is 3.38. The minimum atomic E-state index is -4.58. The maximum atomic E-state index is 12.8. The standard InChI is InChI=1S/C19H21F3N2O4S/c1-12(2)23-18(25)13(3)28-16-7-9-17(10-8-16)29(26,27)24-15-6-4-5-14(11-15)19(20,21)22/h4-13,24H,1-3H3,(H,23,25)/t13-/m0/s1. The van der Waals surface area contributed by atoms with Crippen LogP contribution in [0.2, 0.25) is 0 Å². The highest BCUT2D eigenvalue weighted by Crippen LogP contribution is 2.31. The Labute approximate surface area is 167 Å². The summed E-state index contributed by atoms with van der Waals surface area (Å²) in [7, 11) is -4.11. The van der Waals surface area contributed by atoms with Crippen LogP contribution in [0.25, 0.3) is 0 Å². The number of carbonyl (C=O) groups is 1. The van der Waals surface area contributed by atoms with Crippen LogP contribution in [0, 0.1) is 0 Å². The highest BCUT2D eigenvalue weighted by Gasteiger charge is 2.30. The summed E-state index contributed by atoms with van der Waals surface area (Å²) in [5.74, 6) is -0.0441. The molecule has 0 aliphatic carbocycles. The number of benzene rings is 2. The molecule has 0 aliphatic rings. The molecule has 6 nitrogen and oxygen atoms in total. The Bertz CT molecular complexity index is 958. The van der Waals surface area contributed by atoms with Gasteiger partial charge in [0.25, 0.3) is 15.9 Å². The summed E-state index contributed by atoms with van der Waals surface area (Å²) >= 11 is 0. The fourth-order valence-electron chi connectivity index (χ4n) is 2.33. The highest BCUT2D eigenvalue weighted by molar-refractivity contribution is 7.92. The van der Waals surface area contributed by atoms with Crippen molar-refractivity contribution in [1.82, 2.24) is 5.32 Å². The third kappa shape index (κ3) is 6.38. The van der Waals surface area contributed by atoms with Crippen LogP contribution in [0.4, 0.5) is 18.9 Å². The second kappa shape index (κ2) is 8.73. The average molecular weight is 430 g/mol. The zero-order chi connectivity index (χ0) is 21.8. The van der Waals surface area contributed by atoms with Crippen molar-refractivity contribution < 1.29 is 31.1 Å². The summed E-state index contributed by atoms with van der Waals surface area (Å²) in [5.41, 5.74) is -1.17. The van der Waals surface area contributed by atoms with Gasteiger partial charge in [0.15, 0.2) is 6.10 Å². The maximum Gasteiger partial charge on any atom is 0.416 e. The molecule has 0 aromatic heterocycles. The number of hydrogen-bond acceptors (Lipinski definition) is 4. The van der Waals surface area contributed by atoms with Gasteiger partial charge in [0.2, 0.25) is 0 Å². The van der Waals surface area contributed by atoms with Gasteiger partial charge in [-0.15, -0.1) is 0 Å². The van der Waals surface area contributed by atoms with E-state index in [1.807, 2.05) is 13.8 Å². The van der Waals surface area contributed by atoms with Gasteiger partial charge < -0.3 is 10.1 Å². The molecule has 2 aromatic carbocycles. The molecule has 0 spiro atoms. The molecule has 0 heterocycles. The van der Waals surface area contributed by atoms with Crippen LogP contribution in [0.15, 0.2) is 53.4 Å². The van der Waals surface area contributed by atoms with Gasteiger partial charge in [0.1, 0.15) is 5.75 Å². The van der Waals surface area contributed by atoms with Gasteiger partial charge in [-0.1, -0.05) is 6.07 Å². The minimum Gasteiger partial charge on any atom is -0.481 e. The van der Waals surface area contributed by atoms with Crippen LogP contribution < -0.4 is 14.8 Å². The van der Waals surface area contributed by atoms with Crippen LogP contribution in [0.3, 0.4) is 0 Å². The number of rotatable bonds is 7. The Morgan fingerprint density at radius 2 is 1.66 bits per heavy atom. The lowest BCUT2D eigenvalue weighted by atomic mass is 10.2. The SMILES string of the molecule is CC(C)NC(=O)[C@H](C)Oc1ccc(S(=O)(=O)Nc2cccc(C(F)(F)F)c2)cc1. The summed E-state index contributed by atoms with van der Waals surface area (Å²) in [4.78, 5) is 11.7. The Morgan fingerprint density at radius 1 is 1.03 bits per heavy atom. The number of anilines is 1. The summed E-state index contributed by atoms with van der Waals surface area (Å²) in [5, 5.41) is 2.69. The van der Waals surface area contributed by atoms with E-state index in [0.717, 1.165) is 12.1 Å². The molecule has 1 amide bonds. The van der Waals surface area contributed by atoms with Crippen molar-refractivity contribution in [3.63, 3.8) is 0 Å². The number of halogens is 3. The zero-order valence-electron chi connectivity index (χ0n) is 15.9. The predicted octanol–water partition coefficient (Wildman–Crippen LogP) is 3.80. The van der Waals surface area contributed by atoms with Crippen LogP contribution >= 0.6 is 0 Å². The number of ether oxygens (including phenoxy) is 1. The van der Waals surface area contributed by atoms with E-state index in [1.54, 1.807) is 6.92 Å². The number of alkyl halides is 3. The van der Waals surface area contributed by atoms with Gasteiger partial charge in [0.05, 0.1) is 10.5 Å². The molecule has 158 valence electrons. The maximum absolute atomic E-state index is 12.8. The minimum absolute atomic E-state index is 0.0528. The van der Waals surface area contributed by atoms with Crippen LogP contribution in [0.5, 0.6) is 5.75 Å². The van der Waals surface area contributed by atoms with E-state index in [0.29, 0.717) is 6.07 Å². The Kier molecular flexibility index (Phi) is 6.78. The quantitative estimate of drug-likeness (QED) is 0.700. The third-order valence-corrected chi connectivity index (χ3v) is 5.09. The van der Waals surface area contributed by atoms with Gasteiger partial charge in [-0.3, -0.25) is 9.52 Å². The van der Waals surface area contributed by atoms with Crippen molar-refractivity contribution >= 4 is 21.6 Å². The molecule has 1 atom stereocenters. The first-order valence-electron chi connectivity index (χ1n) is 8.65. The highest BCUT2D eigenvalue weighted by atomic mass is 32.2. The number of nitrogens with one attached hydrogen (secondary N) is 2. The zero-order valence-corrected chi connectivity index (χ0v) is 16.8. The smallest absolute Gasteiger partial charge is 0.416 e. The van der Waals surface area contributed by atoms with Crippen LogP contribution in [-0.2, 0) is 21.0 Å². The van der Waals surface area contributed by atoms with Crippen molar-refractivity contribution in [3.8, 4) is 5.75 Å². The first-order chi connectivity index (χ1) is 13.4. The van der Waals surface area contributed by atoms with E-state index in [-0.39, 0.29) is 28.3 Å². The summed E-state index contributed by atoms with van der Waals surface area (Å²) < 4.78 is 70.8. The number of amides is 1. The first kappa shape index (κ1) is 22.5. The molecular weight excluding hydrogens is 409 g/mol. The largest absolute Gasteiger partial charge is 0.481 e. The lowest BCUT2D eigenvalue weighted by Crippen LogP contribution is -2.40. The second-order valence-corrected chi connectivity index (χ2v) is 8.26. The molecule has 0 saturated carbocycles. The molecule has 29 heavy (non-hydrogen) atoms. The molecule has 10 heteroatoms. The Balaban J connectivity index is 2.11. The molecule has 0 saturated heterocycles. The van der Waals surface area contributed by atoms with E-state index in [1.165, 1.54) is 30.3 Å². The van der Waals surface area contributed by atoms with E-state index in [4.69, 9.17) is 4.74 Å². The van der Waals surface area contributed by atoms with E-state index < -0.39 is 27.9 Å². The molecule has 0 bridgehead atoms. The molecule has 0 unspecified atom stereocenters. The van der Waals surface area contributed by atoms with Gasteiger partial charge >= 0.3 is 6.18 Å². The molecule has 0 radical (unpaired) electrons. The topological polar surface area (TPSA) is 84.5 Å². The summed E-state index contributed by atoms with van der Waals surface area (Å²) in [6.45, 7) is 5.17. The van der Waals surface area contributed by atoms with Crippen molar-refractivity contribution in [2.45, 2.75) is 44.0 Å². The van der Waals surface area contributed by atoms with E-state index in [9.17, 15) is 26.4 Å². The molecule has 2 aromatic rings.